The lowest BCUT2D eigenvalue weighted by Crippen LogP contribution is -1.98. The third-order valence-electron chi connectivity index (χ3n) is 1.74. The molecule has 0 amide bonds. The van der Waals surface area contributed by atoms with Crippen LogP contribution in [0, 0.1) is 0 Å². The average Bonchev–Trinajstić information content (AvgIpc) is 2.04. The van der Waals surface area contributed by atoms with E-state index in [1.165, 1.54) is 6.07 Å². The van der Waals surface area contributed by atoms with E-state index in [9.17, 15) is 8.78 Å². The lowest BCUT2D eigenvalue weighted by atomic mass is 10.1. The number of aliphatic hydroxyl groups is 1. The predicted molar refractivity (Wildman–Crippen MR) is 47.2 cm³/mol. The molecule has 4 heteroatoms. The molecule has 0 aliphatic heterocycles. The molecular weight excluding hydrogens is 198 g/mol. The highest BCUT2D eigenvalue weighted by atomic mass is 35.5. The third-order valence-corrected chi connectivity index (χ3v) is 2.07. The Hall–Kier alpha value is -0.670. The summed E-state index contributed by atoms with van der Waals surface area (Å²) in [6.45, 7) is -0.153. The van der Waals surface area contributed by atoms with Crippen molar-refractivity contribution in [3.63, 3.8) is 0 Å². The molecule has 1 aromatic rings. The summed E-state index contributed by atoms with van der Waals surface area (Å²) >= 11 is 5.60. The Morgan fingerprint density at radius 3 is 2.62 bits per heavy atom. The van der Waals surface area contributed by atoms with E-state index in [0.717, 1.165) is 0 Å². The largest absolute Gasteiger partial charge is 0.396 e. The molecule has 72 valence electrons. The number of aliphatic hydroxyl groups excluding tert-OH is 1. The van der Waals surface area contributed by atoms with Crippen molar-refractivity contribution >= 4 is 11.6 Å². The molecule has 0 unspecified atom stereocenters. The minimum atomic E-state index is -2.59. The van der Waals surface area contributed by atoms with Gasteiger partial charge in [0.2, 0.25) is 0 Å². The standard InChI is InChI=1S/C9H9ClF2O/c10-7-3-1-2-6(4-5-13)8(7)9(11)12/h1-3,9,13H,4-5H2. The minimum absolute atomic E-state index is 0.0564. The zero-order valence-corrected chi connectivity index (χ0v) is 7.56. The molecule has 1 rings (SSSR count). The van der Waals surface area contributed by atoms with Crippen molar-refractivity contribution in [2.75, 3.05) is 6.61 Å². The summed E-state index contributed by atoms with van der Waals surface area (Å²) in [6, 6.07) is 4.56. The monoisotopic (exact) mass is 206 g/mol. The maximum absolute atomic E-state index is 12.4. The van der Waals surface area contributed by atoms with E-state index < -0.39 is 6.43 Å². The van der Waals surface area contributed by atoms with Gasteiger partial charge in [0.15, 0.2) is 0 Å². The molecule has 0 saturated carbocycles. The minimum Gasteiger partial charge on any atom is -0.396 e. The maximum Gasteiger partial charge on any atom is 0.265 e. The molecule has 0 radical (unpaired) electrons. The van der Waals surface area contributed by atoms with Crippen molar-refractivity contribution in [2.45, 2.75) is 12.8 Å². The summed E-state index contributed by atoms with van der Waals surface area (Å²) in [5.41, 5.74) is 0.239. The Morgan fingerprint density at radius 1 is 1.38 bits per heavy atom. The Kier molecular flexibility index (Phi) is 3.63. The van der Waals surface area contributed by atoms with Crippen LogP contribution in [0.1, 0.15) is 17.6 Å². The van der Waals surface area contributed by atoms with Gasteiger partial charge in [0, 0.05) is 17.2 Å². The van der Waals surface area contributed by atoms with Gasteiger partial charge in [0.05, 0.1) is 0 Å². The quantitative estimate of drug-likeness (QED) is 0.807. The van der Waals surface area contributed by atoms with Crippen molar-refractivity contribution < 1.29 is 13.9 Å². The Balaban J connectivity index is 3.10. The lowest BCUT2D eigenvalue weighted by Gasteiger charge is -2.08. The van der Waals surface area contributed by atoms with Crippen LogP contribution in [-0.4, -0.2) is 11.7 Å². The summed E-state index contributed by atoms with van der Waals surface area (Å²) < 4.78 is 24.9. The van der Waals surface area contributed by atoms with Gasteiger partial charge in [-0.05, 0) is 18.1 Å². The number of halogens is 3. The molecule has 1 nitrogen and oxygen atoms in total. The van der Waals surface area contributed by atoms with Gasteiger partial charge in [-0.15, -0.1) is 0 Å². The third kappa shape index (κ3) is 2.39. The molecular formula is C9H9ClF2O. The molecule has 0 aliphatic rings. The van der Waals surface area contributed by atoms with Crippen molar-refractivity contribution in [3.8, 4) is 0 Å². The lowest BCUT2D eigenvalue weighted by molar-refractivity contribution is 0.150. The second kappa shape index (κ2) is 4.53. The van der Waals surface area contributed by atoms with Crippen LogP contribution < -0.4 is 0 Å². The molecule has 0 heterocycles. The Morgan fingerprint density at radius 2 is 2.08 bits per heavy atom. The second-order valence-corrected chi connectivity index (χ2v) is 2.99. The zero-order chi connectivity index (χ0) is 9.84. The zero-order valence-electron chi connectivity index (χ0n) is 6.80. The normalized spacial score (nSPS) is 10.8. The summed E-state index contributed by atoms with van der Waals surface area (Å²) in [6.07, 6.45) is -2.38. The summed E-state index contributed by atoms with van der Waals surface area (Å²) in [5, 5.41) is 8.69. The highest BCUT2D eigenvalue weighted by molar-refractivity contribution is 6.31. The van der Waals surface area contributed by atoms with Crippen molar-refractivity contribution in [2.24, 2.45) is 0 Å². The highest BCUT2D eigenvalue weighted by Gasteiger charge is 2.15. The van der Waals surface area contributed by atoms with Gasteiger partial charge in [-0.25, -0.2) is 8.78 Å². The van der Waals surface area contributed by atoms with Gasteiger partial charge in [0.1, 0.15) is 0 Å². The van der Waals surface area contributed by atoms with Gasteiger partial charge in [0.25, 0.3) is 6.43 Å². The molecule has 0 spiro atoms. The molecule has 1 N–H and O–H groups in total. The van der Waals surface area contributed by atoms with Crippen LogP contribution in [0.25, 0.3) is 0 Å². The van der Waals surface area contributed by atoms with Crippen molar-refractivity contribution in [1.29, 1.82) is 0 Å². The molecule has 0 aromatic heterocycles. The van der Waals surface area contributed by atoms with Crippen molar-refractivity contribution in [3.05, 3.63) is 34.3 Å². The topological polar surface area (TPSA) is 20.2 Å². The van der Waals surface area contributed by atoms with Gasteiger partial charge in [-0.2, -0.15) is 0 Å². The predicted octanol–water partition coefficient (Wildman–Crippen LogP) is 2.81. The summed E-state index contributed by atoms with van der Waals surface area (Å²) in [4.78, 5) is 0. The Bertz CT molecular complexity index is 289. The van der Waals surface area contributed by atoms with Crippen LogP contribution in [0.3, 0.4) is 0 Å². The molecule has 0 saturated heterocycles. The maximum atomic E-state index is 12.4. The summed E-state index contributed by atoms with van der Waals surface area (Å²) in [5.74, 6) is 0. The van der Waals surface area contributed by atoms with E-state index in [0.29, 0.717) is 5.56 Å². The number of hydrogen-bond donors (Lipinski definition) is 1. The number of alkyl halides is 2. The number of hydrogen-bond acceptors (Lipinski definition) is 1. The van der Waals surface area contributed by atoms with E-state index in [4.69, 9.17) is 16.7 Å². The first-order chi connectivity index (χ1) is 6.16. The van der Waals surface area contributed by atoms with Crippen LogP contribution in [0.4, 0.5) is 8.78 Å². The first-order valence-corrected chi connectivity index (χ1v) is 4.21. The van der Waals surface area contributed by atoms with Crippen molar-refractivity contribution in [1.82, 2.24) is 0 Å². The molecule has 0 fully saturated rings. The van der Waals surface area contributed by atoms with E-state index >= 15 is 0 Å². The smallest absolute Gasteiger partial charge is 0.265 e. The fourth-order valence-electron chi connectivity index (χ4n) is 1.16. The first-order valence-electron chi connectivity index (χ1n) is 3.83. The molecule has 1 aromatic carbocycles. The van der Waals surface area contributed by atoms with Crippen LogP contribution in [-0.2, 0) is 6.42 Å². The van der Waals surface area contributed by atoms with E-state index in [2.05, 4.69) is 0 Å². The van der Waals surface area contributed by atoms with Gasteiger partial charge >= 0.3 is 0 Å². The van der Waals surface area contributed by atoms with Gasteiger partial charge < -0.3 is 5.11 Å². The van der Waals surface area contributed by atoms with Gasteiger partial charge in [-0.3, -0.25) is 0 Å². The Labute approximate surface area is 80.0 Å². The summed E-state index contributed by atoms with van der Waals surface area (Å²) in [7, 11) is 0. The molecule has 13 heavy (non-hydrogen) atoms. The van der Waals surface area contributed by atoms with Crippen LogP contribution >= 0.6 is 11.6 Å². The number of rotatable bonds is 3. The van der Waals surface area contributed by atoms with Crippen LogP contribution in [0.2, 0.25) is 5.02 Å². The fraction of sp³-hybridized carbons (Fsp3) is 0.333. The highest BCUT2D eigenvalue weighted by Crippen LogP contribution is 2.30. The SMILES string of the molecule is OCCc1cccc(Cl)c1C(F)F. The van der Waals surface area contributed by atoms with E-state index in [1.807, 2.05) is 0 Å². The molecule has 0 atom stereocenters. The van der Waals surface area contributed by atoms with E-state index in [-0.39, 0.29) is 23.6 Å². The van der Waals surface area contributed by atoms with E-state index in [1.54, 1.807) is 12.1 Å². The van der Waals surface area contributed by atoms with Crippen LogP contribution in [0.5, 0.6) is 0 Å². The second-order valence-electron chi connectivity index (χ2n) is 2.59. The first kappa shape index (κ1) is 10.4. The fourth-order valence-corrected chi connectivity index (χ4v) is 1.44. The van der Waals surface area contributed by atoms with Crippen LogP contribution in [0.15, 0.2) is 18.2 Å². The molecule has 0 aliphatic carbocycles. The average molecular weight is 207 g/mol. The number of benzene rings is 1. The molecule has 0 bridgehead atoms. The van der Waals surface area contributed by atoms with Gasteiger partial charge in [-0.1, -0.05) is 23.7 Å².